The number of benzene rings is 1. The minimum Gasteiger partial charge on any atom is -0.497 e. The van der Waals surface area contributed by atoms with Crippen molar-refractivity contribution in [3.63, 3.8) is 0 Å². The molecule has 0 spiro atoms. The molecular weight excluding hydrogens is 396 g/mol. The van der Waals surface area contributed by atoms with Crippen LogP contribution < -0.4 is 14.4 Å². The van der Waals surface area contributed by atoms with Gasteiger partial charge in [-0.3, -0.25) is 4.90 Å². The highest BCUT2D eigenvalue weighted by molar-refractivity contribution is 5.40. The zero-order valence-corrected chi connectivity index (χ0v) is 18.0. The number of hydrogen-bond acceptors (Lipinski definition) is 8. The summed E-state index contributed by atoms with van der Waals surface area (Å²) in [6, 6.07) is 9.72. The van der Waals surface area contributed by atoms with E-state index in [-0.39, 0.29) is 0 Å². The Labute approximate surface area is 182 Å². The number of rotatable bonds is 9. The van der Waals surface area contributed by atoms with E-state index in [9.17, 15) is 0 Å². The summed E-state index contributed by atoms with van der Waals surface area (Å²) in [6.45, 7) is 5.04. The van der Waals surface area contributed by atoms with Crippen LogP contribution in [0, 0.1) is 0 Å². The molecule has 31 heavy (non-hydrogen) atoms. The van der Waals surface area contributed by atoms with Crippen molar-refractivity contribution >= 4 is 5.95 Å². The zero-order valence-electron chi connectivity index (χ0n) is 18.0. The zero-order chi connectivity index (χ0) is 21.5. The standard InChI is InChI=1S/C23H28N4O4/c1-28-20-5-6-22(29-2)19(12-20)16-26(17-21-4-3-9-31-21)15-18-13-24-23(25-14-18)27-7-10-30-11-8-27/h3-6,9,12-14H,7-8,10-11,15-17H2,1-2H3. The van der Waals surface area contributed by atoms with Crippen molar-refractivity contribution in [1.82, 2.24) is 14.9 Å². The first-order valence-corrected chi connectivity index (χ1v) is 10.3. The first-order chi connectivity index (χ1) is 15.2. The number of hydrogen-bond donors (Lipinski definition) is 0. The molecule has 2 aromatic heterocycles. The number of ether oxygens (including phenoxy) is 3. The Morgan fingerprint density at radius 3 is 2.48 bits per heavy atom. The van der Waals surface area contributed by atoms with Crippen LogP contribution in [0.1, 0.15) is 16.9 Å². The number of anilines is 1. The Balaban J connectivity index is 1.51. The Bertz CT molecular complexity index is 941. The maximum atomic E-state index is 5.59. The minimum atomic E-state index is 0.651. The van der Waals surface area contributed by atoms with Gasteiger partial charge in [0.15, 0.2) is 0 Å². The Morgan fingerprint density at radius 2 is 1.81 bits per heavy atom. The molecule has 0 unspecified atom stereocenters. The maximum Gasteiger partial charge on any atom is 0.225 e. The molecule has 1 saturated heterocycles. The van der Waals surface area contributed by atoms with Gasteiger partial charge < -0.3 is 23.5 Å². The summed E-state index contributed by atoms with van der Waals surface area (Å²) in [4.78, 5) is 13.6. The van der Waals surface area contributed by atoms with E-state index in [1.165, 1.54) is 0 Å². The van der Waals surface area contributed by atoms with Crippen molar-refractivity contribution in [2.45, 2.75) is 19.6 Å². The van der Waals surface area contributed by atoms with E-state index >= 15 is 0 Å². The van der Waals surface area contributed by atoms with E-state index in [0.29, 0.717) is 32.8 Å². The average molecular weight is 425 g/mol. The fraction of sp³-hybridized carbons (Fsp3) is 0.391. The van der Waals surface area contributed by atoms with Crippen LogP contribution in [0.2, 0.25) is 0 Å². The van der Waals surface area contributed by atoms with Gasteiger partial charge in [-0.15, -0.1) is 0 Å². The number of morpholine rings is 1. The predicted octanol–water partition coefficient (Wildman–Crippen LogP) is 3.13. The number of methoxy groups -OCH3 is 2. The molecule has 3 heterocycles. The second-order valence-corrected chi connectivity index (χ2v) is 7.39. The predicted molar refractivity (Wildman–Crippen MR) is 116 cm³/mol. The van der Waals surface area contributed by atoms with Gasteiger partial charge in [0.05, 0.1) is 40.2 Å². The summed E-state index contributed by atoms with van der Waals surface area (Å²) in [5.41, 5.74) is 2.07. The van der Waals surface area contributed by atoms with E-state index in [2.05, 4.69) is 19.8 Å². The second kappa shape index (κ2) is 10.3. The molecule has 0 radical (unpaired) electrons. The van der Waals surface area contributed by atoms with E-state index in [1.54, 1.807) is 20.5 Å². The third-order valence-electron chi connectivity index (χ3n) is 5.23. The molecule has 1 aliphatic heterocycles. The molecule has 8 heteroatoms. The van der Waals surface area contributed by atoms with Crippen LogP contribution in [-0.2, 0) is 24.4 Å². The SMILES string of the molecule is COc1ccc(OC)c(CN(Cc2cnc(N3CCOCC3)nc2)Cc2ccco2)c1. The van der Waals surface area contributed by atoms with Gasteiger partial charge >= 0.3 is 0 Å². The molecule has 0 N–H and O–H groups in total. The quantitative estimate of drug-likeness (QED) is 0.519. The molecule has 164 valence electrons. The van der Waals surface area contributed by atoms with Crippen molar-refractivity contribution in [1.29, 1.82) is 0 Å². The highest BCUT2D eigenvalue weighted by Crippen LogP contribution is 2.26. The van der Waals surface area contributed by atoms with Crippen LogP contribution in [0.4, 0.5) is 5.95 Å². The van der Waals surface area contributed by atoms with Crippen LogP contribution >= 0.6 is 0 Å². The summed E-state index contributed by atoms with van der Waals surface area (Å²) in [6.07, 6.45) is 5.49. The van der Waals surface area contributed by atoms with Crippen LogP contribution in [0.5, 0.6) is 11.5 Å². The molecule has 1 aliphatic rings. The monoisotopic (exact) mass is 424 g/mol. The number of nitrogens with zero attached hydrogens (tertiary/aromatic N) is 4. The number of aromatic nitrogens is 2. The lowest BCUT2D eigenvalue weighted by Gasteiger charge is -2.27. The molecule has 8 nitrogen and oxygen atoms in total. The first-order valence-electron chi connectivity index (χ1n) is 10.3. The van der Waals surface area contributed by atoms with Crippen LogP contribution in [-0.4, -0.2) is 55.4 Å². The first kappa shape index (κ1) is 21.1. The summed E-state index contributed by atoms with van der Waals surface area (Å²) in [7, 11) is 3.35. The molecule has 1 fully saturated rings. The second-order valence-electron chi connectivity index (χ2n) is 7.39. The highest BCUT2D eigenvalue weighted by atomic mass is 16.5. The normalized spacial score (nSPS) is 14.1. The fourth-order valence-electron chi connectivity index (χ4n) is 3.65. The van der Waals surface area contributed by atoms with E-state index in [0.717, 1.165) is 47.4 Å². The van der Waals surface area contributed by atoms with Crippen LogP contribution in [0.3, 0.4) is 0 Å². The minimum absolute atomic E-state index is 0.651. The average Bonchev–Trinajstić information content (AvgIpc) is 3.33. The van der Waals surface area contributed by atoms with Gasteiger partial charge in [-0.25, -0.2) is 9.97 Å². The summed E-state index contributed by atoms with van der Waals surface area (Å²) in [5, 5.41) is 0. The third kappa shape index (κ3) is 5.53. The van der Waals surface area contributed by atoms with Crippen molar-refractivity contribution in [2.24, 2.45) is 0 Å². The van der Waals surface area contributed by atoms with Gasteiger partial charge in [-0.2, -0.15) is 0 Å². The Hall–Kier alpha value is -3.10. The van der Waals surface area contributed by atoms with Gasteiger partial charge in [0, 0.05) is 49.7 Å². The molecule has 3 aromatic rings. The van der Waals surface area contributed by atoms with E-state index < -0.39 is 0 Å². The molecule has 0 saturated carbocycles. The lowest BCUT2D eigenvalue weighted by molar-refractivity contribution is 0.122. The molecule has 0 aliphatic carbocycles. The van der Waals surface area contributed by atoms with Crippen LogP contribution in [0.25, 0.3) is 0 Å². The number of furan rings is 1. The molecule has 0 bridgehead atoms. The van der Waals surface area contributed by atoms with Gasteiger partial charge in [-0.05, 0) is 30.3 Å². The molecule has 4 rings (SSSR count). The Kier molecular flexibility index (Phi) is 7.01. The van der Waals surface area contributed by atoms with Crippen molar-refractivity contribution in [3.05, 3.63) is 65.9 Å². The largest absolute Gasteiger partial charge is 0.497 e. The summed E-state index contributed by atoms with van der Waals surface area (Å²) < 4.78 is 22.0. The van der Waals surface area contributed by atoms with Gasteiger partial charge in [0.1, 0.15) is 17.3 Å². The molecule has 0 atom stereocenters. The van der Waals surface area contributed by atoms with Gasteiger partial charge in [-0.1, -0.05) is 0 Å². The van der Waals surface area contributed by atoms with E-state index in [1.807, 2.05) is 42.7 Å². The van der Waals surface area contributed by atoms with Crippen LogP contribution in [0.15, 0.2) is 53.4 Å². The molecular formula is C23H28N4O4. The van der Waals surface area contributed by atoms with Gasteiger partial charge in [0.25, 0.3) is 0 Å². The topological polar surface area (TPSA) is 73.1 Å². The summed E-state index contributed by atoms with van der Waals surface area (Å²) >= 11 is 0. The molecule has 0 amide bonds. The third-order valence-corrected chi connectivity index (χ3v) is 5.23. The molecule has 1 aromatic carbocycles. The Morgan fingerprint density at radius 1 is 1.00 bits per heavy atom. The lowest BCUT2D eigenvalue weighted by atomic mass is 10.1. The van der Waals surface area contributed by atoms with Crippen molar-refractivity contribution in [3.8, 4) is 11.5 Å². The lowest BCUT2D eigenvalue weighted by Crippen LogP contribution is -2.37. The van der Waals surface area contributed by atoms with Crippen molar-refractivity contribution in [2.75, 3.05) is 45.4 Å². The van der Waals surface area contributed by atoms with E-state index in [4.69, 9.17) is 18.6 Å². The van der Waals surface area contributed by atoms with Crippen molar-refractivity contribution < 1.29 is 18.6 Å². The fourth-order valence-corrected chi connectivity index (χ4v) is 3.65. The summed E-state index contributed by atoms with van der Waals surface area (Å²) in [5.74, 6) is 3.27. The maximum absolute atomic E-state index is 5.59. The highest BCUT2D eigenvalue weighted by Gasteiger charge is 2.16. The smallest absolute Gasteiger partial charge is 0.225 e. The van der Waals surface area contributed by atoms with Gasteiger partial charge in [0.2, 0.25) is 5.95 Å².